The Balaban J connectivity index is 5.59. The van der Waals surface area contributed by atoms with Gasteiger partial charge in [0.1, 0.15) is 18.1 Å². The van der Waals surface area contributed by atoms with E-state index in [1.165, 1.54) is 0 Å². The second-order valence-electron chi connectivity index (χ2n) is 7.83. The van der Waals surface area contributed by atoms with Crippen LogP contribution in [-0.4, -0.2) is 81.0 Å². The Morgan fingerprint density at radius 2 is 1.12 bits per heavy atom. The molecule has 34 heavy (non-hydrogen) atoms. The van der Waals surface area contributed by atoms with Gasteiger partial charge >= 0.3 is 17.9 Å². The summed E-state index contributed by atoms with van der Waals surface area (Å²) in [4.78, 5) is 81.8. The van der Waals surface area contributed by atoms with E-state index in [2.05, 4.69) is 10.6 Å². The van der Waals surface area contributed by atoms with Crippen molar-refractivity contribution in [2.75, 3.05) is 0 Å². The fourth-order valence-electron chi connectivity index (χ4n) is 2.59. The minimum atomic E-state index is -1.68. The van der Waals surface area contributed by atoms with Crippen molar-refractivity contribution >= 4 is 41.5 Å². The Morgan fingerprint density at radius 3 is 1.53 bits per heavy atom. The summed E-state index contributed by atoms with van der Waals surface area (Å²) in [5.41, 5.74) is 10.8. The number of rotatable bonds is 16. The molecule has 4 atom stereocenters. The summed E-state index contributed by atoms with van der Waals surface area (Å²) < 4.78 is 0. The molecule has 0 heterocycles. The number of nitrogens with one attached hydrogen (secondary N) is 3. The van der Waals surface area contributed by atoms with Crippen molar-refractivity contribution in [1.29, 1.82) is 0 Å². The van der Waals surface area contributed by atoms with Crippen LogP contribution in [-0.2, 0) is 33.6 Å². The van der Waals surface area contributed by atoms with Crippen LogP contribution < -0.4 is 27.4 Å². The molecule has 15 nitrogen and oxygen atoms in total. The summed E-state index contributed by atoms with van der Waals surface area (Å²) in [6.45, 7) is 3.29. The lowest BCUT2D eigenvalue weighted by molar-refractivity contribution is -0.143. The summed E-state index contributed by atoms with van der Waals surface area (Å²) in [5.74, 6) is -8.41. The second kappa shape index (κ2) is 14.4. The van der Waals surface area contributed by atoms with Gasteiger partial charge in [-0.3, -0.25) is 28.8 Å². The van der Waals surface area contributed by atoms with Crippen molar-refractivity contribution in [3.63, 3.8) is 0 Å². The Bertz CT molecular complexity index is 800. The maximum Gasteiger partial charge on any atom is 0.326 e. The standard InChI is InChI=1S/C19H31N5O10/c1-8(2)15(21)18(32)22-9(3-5-13(26)27)16(30)24-11(7-12(20)25)17(31)23-10(19(33)34)4-6-14(28)29/h8-11,15H,3-7,21H2,1-2H3,(H2,20,25)(H,22,32)(H,23,31)(H,24,30)(H,26,27)(H,28,29)(H,33,34). The Kier molecular flexibility index (Phi) is 12.8. The number of primary amides is 1. The van der Waals surface area contributed by atoms with E-state index < -0.39 is 91.4 Å². The molecule has 0 bridgehead atoms. The number of aliphatic carboxylic acids is 3. The summed E-state index contributed by atoms with van der Waals surface area (Å²) >= 11 is 0. The van der Waals surface area contributed by atoms with Gasteiger partial charge in [-0.2, -0.15) is 0 Å². The van der Waals surface area contributed by atoms with Gasteiger partial charge in [0.25, 0.3) is 0 Å². The predicted octanol–water partition coefficient (Wildman–Crippen LogP) is -2.89. The molecule has 0 aromatic carbocycles. The summed E-state index contributed by atoms with van der Waals surface area (Å²) in [6.07, 6.45) is -2.72. The van der Waals surface area contributed by atoms with Crippen LogP contribution in [0.25, 0.3) is 0 Å². The van der Waals surface area contributed by atoms with Gasteiger partial charge in [0.15, 0.2) is 0 Å². The highest BCUT2D eigenvalue weighted by Crippen LogP contribution is 2.05. The fourth-order valence-corrected chi connectivity index (χ4v) is 2.59. The summed E-state index contributed by atoms with van der Waals surface area (Å²) in [7, 11) is 0. The third-order valence-electron chi connectivity index (χ3n) is 4.60. The monoisotopic (exact) mass is 489 g/mol. The van der Waals surface area contributed by atoms with Gasteiger partial charge in [-0.1, -0.05) is 13.8 Å². The smallest absolute Gasteiger partial charge is 0.326 e. The first-order valence-corrected chi connectivity index (χ1v) is 10.3. The van der Waals surface area contributed by atoms with E-state index in [1.54, 1.807) is 13.8 Å². The normalized spacial score (nSPS) is 14.2. The zero-order valence-corrected chi connectivity index (χ0v) is 18.8. The minimum Gasteiger partial charge on any atom is -0.481 e. The van der Waals surface area contributed by atoms with Gasteiger partial charge in [-0.15, -0.1) is 0 Å². The molecule has 10 N–H and O–H groups in total. The van der Waals surface area contributed by atoms with Crippen LogP contribution >= 0.6 is 0 Å². The van der Waals surface area contributed by atoms with Crippen LogP contribution in [0.5, 0.6) is 0 Å². The van der Waals surface area contributed by atoms with Gasteiger partial charge < -0.3 is 42.7 Å². The zero-order valence-electron chi connectivity index (χ0n) is 18.8. The molecule has 0 aliphatic carbocycles. The van der Waals surface area contributed by atoms with Crippen molar-refractivity contribution in [3.05, 3.63) is 0 Å². The SMILES string of the molecule is CC(C)C(N)C(=O)NC(CCC(=O)O)C(=O)NC(CC(N)=O)C(=O)NC(CCC(=O)O)C(=O)O. The van der Waals surface area contributed by atoms with Crippen LogP contribution in [0.1, 0.15) is 46.0 Å². The first-order valence-electron chi connectivity index (χ1n) is 10.3. The second-order valence-corrected chi connectivity index (χ2v) is 7.83. The van der Waals surface area contributed by atoms with Crippen LogP contribution in [0, 0.1) is 5.92 Å². The molecule has 0 aromatic heterocycles. The topological polar surface area (TPSA) is 268 Å². The zero-order chi connectivity index (χ0) is 26.6. The van der Waals surface area contributed by atoms with E-state index in [-0.39, 0.29) is 12.3 Å². The van der Waals surface area contributed by atoms with Crippen LogP contribution in [0.4, 0.5) is 0 Å². The predicted molar refractivity (Wildman–Crippen MR) is 114 cm³/mol. The number of hydrogen-bond donors (Lipinski definition) is 8. The van der Waals surface area contributed by atoms with E-state index in [9.17, 15) is 38.7 Å². The van der Waals surface area contributed by atoms with Crippen LogP contribution in [0.15, 0.2) is 0 Å². The van der Waals surface area contributed by atoms with Crippen molar-refractivity contribution < 1.29 is 48.9 Å². The maximum atomic E-state index is 12.7. The average molecular weight is 489 g/mol. The van der Waals surface area contributed by atoms with E-state index in [4.69, 9.17) is 21.7 Å². The number of carbonyl (C=O) groups is 7. The molecule has 4 unspecified atom stereocenters. The van der Waals surface area contributed by atoms with Gasteiger partial charge in [-0.25, -0.2) is 4.79 Å². The molecule has 0 saturated heterocycles. The third kappa shape index (κ3) is 11.8. The molecular weight excluding hydrogens is 458 g/mol. The number of carboxylic acid groups (broad SMARTS) is 3. The van der Waals surface area contributed by atoms with E-state index in [0.717, 1.165) is 0 Å². The molecule has 0 aliphatic rings. The van der Waals surface area contributed by atoms with E-state index in [0.29, 0.717) is 0 Å². The Labute approximate surface area is 194 Å². The summed E-state index contributed by atoms with van der Waals surface area (Å²) in [5, 5.41) is 33.3. The minimum absolute atomic E-state index is 0.310. The van der Waals surface area contributed by atoms with Crippen molar-refractivity contribution in [3.8, 4) is 0 Å². The molecule has 0 aromatic rings. The molecule has 15 heteroatoms. The third-order valence-corrected chi connectivity index (χ3v) is 4.60. The highest BCUT2D eigenvalue weighted by Gasteiger charge is 2.32. The maximum absolute atomic E-state index is 12.7. The average Bonchev–Trinajstić information content (AvgIpc) is 2.71. The Morgan fingerprint density at radius 1 is 0.706 bits per heavy atom. The number of hydrogen-bond acceptors (Lipinski definition) is 8. The van der Waals surface area contributed by atoms with Crippen molar-refractivity contribution in [1.82, 2.24) is 16.0 Å². The number of amides is 4. The fraction of sp³-hybridized carbons (Fsp3) is 0.632. The molecule has 192 valence electrons. The molecule has 0 saturated carbocycles. The quantitative estimate of drug-likeness (QED) is 0.109. The Hall–Kier alpha value is -3.75. The molecule has 0 rings (SSSR count). The van der Waals surface area contributed by atoms with Gasteiger partial charge in [-0.05, 0) is 18.8 Å². The van der Waals surface area contributed by atoms with E-state index >= 15 is 0 Å². The molecule has 4 amide bonds. The summed E-state index contributed by atoms with van der Waals surface area (Å²) in [6, 6.07) is -5.78. The lowest BCUT2D eigenvalue weighted by atomic mass is 10.0. The number of carboxylic acids is 3. The van der Waals surface area contributed by atoms with Gasteiger partial charge in [0.05, 0.1) is 12.5 Å². The highest BCUT2D eigenvalue weighted by atomic mass is 16.4. The van der Waals surface area contributed by atoms with Crippen molar-refractivity contribution in [2.24, 2.45) is 17.4 Å². The first kappa shape index (κ1) is 30.2. The molecular formula is C19H31N5O10. The number of carbonyl (C=O) groups excluding carboxylic acids is 4. The largest absolute Gasteiger partial charge is 0.481 e. The lowest BCUT2D eigenvalue weighted by Gasteiger charge is -2.25. The van der Waals surface area contributed by atoms with Crippen molar-refractivity contribution in [2.45, 2.75) is 70.1 Å². The lowest BCUT2D eigenvalue weighted by Crippen LogP contribution is -2.58. The molecule has 0 aliphatic heterocycles. The molecule has 0 fully saturated rings. The molecule has 0 spiro atoms. The van der Waals surface area contributed by atoms with Gasteiger partial charge in [0, 0.05) is 12.8 Å². The van der Waals surface area contributed by atoms with Gasteiger partial charge in [0.2, 0.25) is 23.6 Å². The van der Waals surface area contributed by atoms with E-state index in [1.807, 2.05) is 5.32 Å². The highest BCUT2D eigenvalue weighted by molar-refractivity contribution is 5.96. The molecule has 0 radical (unpaired) electrons. The van der Waals surface area contributed by atoms with Crippen LogP contribution in [0.3, 0.4) is 0 Å². The van der Waals surface area contributed by atoms with Crippen LogP contribution in [0.2, 0.25) is 0 Å². The number of nitrogens with two attached hydrogens (primary N) is 2. The first-order chi connectivity index (χ1) is 15.6.